The number of ether oxygens (including phenoxy) is 1. The van der Waals surface area contributed by atoms with Crippen LogP contribution in [0, 0.1) is 6.92 Å². The number of carbonyl (C=O) groups excluding carboxylic acids is 1. The highest BCUT2D eigenvalue weighted by Gasteiger charge is 2.19. The second-order valence-corrected chi connectivity index (χ2v) is 7.40. The normalized spacial score (nSPS) is 10.8. The first kappa shape index (κ1) is 19.7. The van der Waals surface area contributed by atoms with Crippen LogP contribution in [0.15, 0.2) is 30.6 Å². The largest absolute Gasteiger partial charge is 0.489 e. The summed E-state index contributed by atoms with van der Waals surface area (Å²) in [5, 5.41) is 3.76. The topological polar surface area (TPSA) is 93.1 Å². The molecule has 3 heterocycles. The first-order chi connectivity index (χ1) is 13.3. The summed E-state index contributed by atoms with van der Waals surface area (Å²) in [4.78, 5) is 27.2. The lowest BCUT2D eigenvalue weighted by molar-refractivity contribution is 0.0821. The second kappa shape index (κ2) is 8.30. The summed E-state index contributed by atoms with van der Waals surface area (Å²) in [6.45, 7) is 5.76. The predicted molar refractivity (Wildman–Crippen MR) is 109 cm³/mol. The highest BCUT2D eigenvalue weighted by molar-refractivity contribution is 7.09. The lowest BCUT2D eigenvalue weighted by Gasteiger charge is -2.16. The smallest absolute Gasteiger partial charge is 0.257 e. The van der Waals surface area contributed by atoms with Crippen molar-refractivity contribution in [3.8, 4) is 17.3 Å². The Labute approximate surface area is 167 Å². The van der Waals surface area contributed by atoms with Crippen LogP contribution in [0.4, 0.5) is 10.9 Å². The maximum absolute atomic E-state index is 12.6. The third kappa shape index (κ3) is 4.42. The average molecular weight is 398 g/mol. The standard InChI is InChI=1S/C19H22N6O2S/c1-11(2)27-15-10-21-14(9-13(15)18(26)25(4)5)17-23-19(28-24-17)22-16-12(3)7-6-8-20-16/h6-11H,1-5H3,(H,20,22,23,24). The number of carbonyl (C=O) groups is 1. The maximum atomic E-state index is 12.6. The van der Waals surface area contributed by atoms with E-state index in [1.807, 2.05) is 32.9 Å². The molecule has 1 N–H and O–H groups in total. The van der Waals surface area contributed by atoms with Gasteiger partial charge in [0.1, 0.15) is 11.5 Å². The minimum atomic E-state index is -0.169. The fraction of sp³-hybridized carbons (Fsp3) is 0.316. The molecule has 0 saturated heterocycles. The zero-order valence-electron chi connectivity index (χ0n) is 16.4. The minimum Gasteiger partial charge on any atom is -0.489 e. The molecule has 3 aromatic rings. The van der Waals surface area contributed by atoms with Crippen molar-refractivity contribution in [2.45, 2.75) is 26.9 Å². The number of rotatable bonds is 6. The van der Waals surface area contributed by atoms with Gasteiger partial charge in [-0.15, -0.1) is 0 Å². The van der Waals surface area contributed by atoms with E-state index in [2.05, 4.69) is 24.6 Å². The Balaban J connectivity index is 1.91. The first-order valence-corrected chi connectivity index (χ1v) is 9.53. The van der Waals surface area contributed by atoms with Gasteiger partial charge in [0.05, 0.1) is 17.9 Å². The van der Waals surface area contributed by atoms with Crippen LogP contribution >= 0.6 is 11.5 Å². The molecule has 0 radical (unpaired) electrons. The number of hydrogen-bond donors (Lipinski definition) is 1. The van der Waals surface area contributed by atoms with Gasteiger partial charge in [-0.2, -0.15) is 9.36 Å². The van der Waals surface area contributed by atoms with Crippen molar-refractivity contribution >= 4 is 28.4 Å². The Bertz CT molecular complexity index is 986. The van der Waals surface area contributed by atoms with Gasteiger partial charge in [-0.1, -0.05) is 6.07 Å². The third-order valence-corrected chi connectivity index (χ3v) is 4.39. The van der Waals surface area contributed by atoms with Gasteiger partial charge in [-0.3, -0.25) is 4.79 Å². The van der Waals surface area contributed by atoms with E-state index in [4.69, 9.17) is 4.74 Å². The van der Waals surface area contributed by atoms with E-state index in [9.17, 15) is 4.79 Å². The molecule has 0 aliphatic rings. The molecule has 3 aromatic heterocycles. The van der Waals surface area contributed by atoms with Crippen molar-refractivity contribution in [3.05, 3.63) is 41.7 Å². The van der Waals surface area contributed by atoms with Gasteiger partial charge in [-0.25, -0.2) is 9.97 Å². The summed E-state index contributed by atoms with van der Waals surface area (Å²) in [6.07, 6.45) is 3.19. The number of nitrogens with one attached hydrogen (secondary N) is 1. The van der Waals surface area contributed by atoms with Crippen molar-refractivity contribution in [2.75, 3.05) is 19.4 Å². The van der Waals surface area contributed by atoms with Crippen LogP contribution < -0.4 is 10.1 Å². The Morgan fingerprint density at radius 2 is 2.07 bits per heavy atom. The van der Waals surface area contributed by atoms with E-state index in [-0.39, 0.29) is 12.0 Å². The summed E-state index contributed by atoms with van der Waals surface area (Å²) in [7, 11) is 3.39. The van der Waals surface area contributed by atoms with Gasteiger partial charge in [0.25, 0.3) is 5.91 Å². The van der Waals surface area contributed by atoms with Crippen LogP contribution in [0.3, 0.4) is 0 Å². The Hall–Kier alpha value is -3.07. The zero-order valence-corrected chi connectivity index (χ0v) is 17.2. The summed E-state index contributed by atoms with van der Waals surface area (Å²) in [6, 6.07) is 5.50. The molecule has 0 aliphatic carbocycles. The molecule has 0 aliphatic heterocycles. The summed E-state index contributed by atoms with van der Waals surface area (Å²) >= 11 is 1.20. The van der Waals surface area contributed by atoms with Gasteiger partial charge in [0, 0.05) is 31.8 Å². The highest BCUT2D eigenvalue weighted by Crippen LogP contribution is 2.27. The molecule has 146 valence electrons. The van der Waals surface area contributed by atoms with Crippen molar-refractivity contribution in [3.63, 3.8) is 0 Å². The summed E-state index contributed by atoms with van der Waals surface area (Å²) in [5.41, 5.74) is 1.93. The van der Waals surface area contributed by atoms with E-state index in [0.717, 1.165) is 11.4 Å². The van der Waals surface area contributed by atoms with Crippen LogP contribution in [0.25, 0.3) is 11.5 Å². The van der Waals surface area contributed by atoms with Gasteiger partial charge < -0.3 is 15.0 Å². The zero-order chi connectivity index (χ0) is 20.3. The van der Waals surface area contributed by atoms with Gasteiger partial charge in [0.2, 0.25) is 5.13 Å². The third-order valence-electron chi connectivity index (χ3n) is 3.76. The molecule has 0 bridgehead atoms. The van der Waals surface area contributed by atoms with E-state index >= 15 is 0 Å². The number of hydrogen-bond acceptors (Lipinski definition) is 8. The van der Waals surface area contributed by atoms with Crippen LogP contribution in [-0.2, 0) is 0 Å². The monoisotopic (exact) mass is 398 g/mol. The Morgan fingerprint density at radius 3 is 2.75 bits per heavy atom. The fourth-order valence-electron chi connectivity index (χ4n) is 2.42. The molecule has 0 saturated carbocycles. The number of nitrogens with zero attached hydrogens (tertiary/aromatic N) is 5. The second-order valence-electron chi connectivity index (χ2n) is 6.65. The Kier molecular flexibility index (Phi) is 5.84. The molecule has 0 fully saturated rings. The van der Waals surface area contributed by atoms with Crippen molar-refractivity contribution in [1.29, 1.82) is 0 Å². The molecule has 0 aromatic carbocycles. The average Bonchev–Trinajstić information content (AvgIpc) is 3.11. The molecule has 28 heavy (non-hydrogen) atoms. The molecule has 8 nitrogen and oxygen atoms in total. The lowest BCUT2D eigenvalue weighted by Crippen LogP contribution is -2.23. The van der Waals surface area contributed by atoms with Crippen LogP contribution in [-0.4, -0.2) is 50.3 Å². The SMILES string of the molecule is Cc1cccnc1Nc1nc(-c2cc(C(=O)N(C)C)c(OC(C)C)cn2)ns1. The lowest BCUT2D eigenvalue weighted by atomic mass is 10.1. The van der Waals surface area contributed by atoms with Crippen LogP contribution in [0.2, 0.25) is 0 Å². The van der Waals surface area contributed by atoms with Crippen LogP contribution in [0.5, 0.6) is 5.75 Å². The molecule has 0 atom stereocenters. The van der Waals surface area contributed by atoms with Crippen molar-refractivity contribution < 1.29 is 9.53 Å². The molecular formula is C19H22N6O2S. The van der Waals surface area contributed by atoms with Gasteiger partial charge in [-0.05, 0) is 38.5 Å². The Morgan fingerprint density at radius 1 is 1.29 bits per heavy atom. The van der Waals surface area contributed by atoms with E-state index in [1.54, 1.807) is 32.6 Å². The first-order valence-electron chi connectivity index (χ1n) is 8.76. The van der Waals surface area contributed by atoms with E-state index in [0.29, 0.717) is 28.0 Å². The minimum absolute atomic E-state index is 0.0730. The molecule has 0 unspecified atom stereocenters. The summed E-state index contributed by atoms with van der Waals surface area (Å²) < 4.78 is 10.1. The van der Waals surface area contributed by atoms with Crippen LogP contribution in [0.1, 0.15) is 29.8 Å². The van der Waals surface area contributed by atoms with Crippen molar-refractivity contribution in [2.24, 2.45) is 0 Å². The fourth-order valence-corrected chi connectivity index (χ4v) is 2.99. The molecule has 3 rings (SSSR count). The van der Waals surface area contributed by atoms with E-state index < -0.39 is 0 Å². The predicted octanol–water partition coefficient (Wildman–Crippen LogP) is 3.54. The highest BCUT2D eigenvalue weighted by atomic mass is 32.1. The maximum Gasteiger partial charge on any atom is 0.257 e. The van der Waals surface area contributed by atoms with E-state index in [1.165, 1.54) is 16.4 Å². The quantitative estimate of drug-likeness (QED) is 0.679. The van der Waals surface area contributed by atoms with Crippen molar-refractivity contribution in [1.82, 2.24) is 24.2 Å². The number of aromatic nitrogens is 4. The molecular weight excluding hydrogens is 376 g/mol. The number of amides is 1. The molecule has 9 heteroatoms. The number of anilines is 2. The molecule has 0 spiro atoms. The van der Waals surface area contributed by atoms with Gasteiger partial charge in [0.15, 0.2) is 11.6 Å². The number of aryl methyl sites for hydroxylation is 1. The number of pyridine rings is 2. The molecule has 1 amide bonds. The van der Waals surface area contributed by atoms with Gasteiger partial charge >= 0.3 is 0 Å². The summed E-state index contributed by atoms with van der Waals surface area (Å²) in [5.74, 6) is 1.43.